The second kappa shape index (κ2) is 7.03. The number of hydrogen-bond donors (Lipinski definition) is 2. The fourth-order valence-corrected chi connectivity index (χ4v) is 4.63. The predicted molar refractivity (Wildman–Crippen MR) is 102 cm³/mol. The Hall–Kier alpha value is -1.47. The van der Waals surface area contributed by atoms with Crippen LogP contribution in [0.5, 0.6) is 5.75 Å². The number of hydrogen-bond acceptors (Lipinski definition) is 4. The Kier molecular flexibility index (Phi) is 5.59. The van der Waals surface area contributed by atoms with E-state index in [9.17, 15) is 8.42 Å². The average Bonchev–Trinajstić information content (AvgIpc) is 2.47. The second-order valence-corrected chi connectivity index (χ2v) is 8.56. The number of ether oxygens (including phenoxy) is 1. The SMILES string of the molecule is CC1(C)CC(NS(=O)(=O)c2ccccc2Cl)c2cc(N)ccc2O1.Cl. The lowest BCUT2D eigenvalue weighted by Crippen LogP contribution is -2.41. The van der Waals surface area contributed by atoms with Crippen molar-refractivity contribution in [3.05, 3.63) is 53.1 Å². The number of rotatable bonds is 3. The van der Waals surface area contributed by atoms with Crippen molar-refractivity contribution in [1.82, 2.24) is 4.72 Å². The molecule has 136 valence electrons. The van der Waals surface area contributed by atoms with Gasteiger partial charge in [-0.25, -0.2) is 13.1 Å². The van der Waals surface area contributed by atoms with E-state index in [4.69, 9.17) is 22.1 Å². The zero-order chi connectivity index (χ0) is 17.5. The number of anilines is 1. The Morgan fingerprint density at radius 3 is 2.60 bits per heavy atom. The van der Waals surface area contributed by atoms with Crippen LogP contribution in [0.4, 0.5) is 5.69 Å². The number of benzene rings is 2. The standard InChI is InChI=1S/C17H19ClN2O3S.ClH/c1-17(2)10-14(12-9-11(19)7-8-15(12)23-17)20-24(21,22)16-6-4-3-5-13(16)18;/h3-9,14,20H,10,19H2,1-2H3;1H. The third-order valence-electron chi connectivity index (χ3n) is 3.91. The topological polar surface area (TPSA) is 81.4 Å². The van der Waals surface area contributed by atoms with Crippen LogP contribution in [0.15, 0.2) is 47.4 Å². The van der Waals surface area contributed by atoms with Crippen LogP contribution in [0.2, 0.25) is 5.02 Å². The first-order chi connectivity index (χ1) is 11.2. The molecule has 0 amide bonds. The van der Waals surface area contributed by atoms with Gasteiger partial charge >= 0.3 is 0 Å². The van der Waals surface area contributed by atoms with Gasteiger partial charge < -0.3 is 10.5 Å². The fraction of sp³-hybridized carbons (Fsp3) is 0.294. The van der Waals surface area contributed by atoms with E-state index in [-0.39, 0.29) is 22.3 Å². The summed E-state index contributed by atoms with van der Waals surface area (Å²) in [5, 5.41) is 0.184. The maximum absolute atomic E-state index is 12.8. The minimum Gasteiger partial charge on any atom is -0.487 e. The van der Waals surface area contributed by atoms with Crippen LogP contribution in [-0.2, 0) is 10.0 Å². The Bertz CT molecular complexity index is 885. The summed E-state index contributed by atoms with van der Waals surface area (Å²) >= 11 is 6.04. The molecule has 2 aromatic rings. The maximum Gasteiger partial charge on any atom is 0.242 e. The van der Waals surface area contributed by atoms with Gasteiger partial charge in [-0.2, -0.15) is 0 Å². The first kappa shape index (κ1) is 19.8. The van der Waals surface area contributed by atoms with E-state index >= 15 is 0 Å². The molecule has 0 aromatic heterocycles. The molecule has 3 N–H and O–H groups in total. The predicted octanol–water partition coefficient (Wildman–Crippen LogP) is 3.92. The molecule has 1 heterocycles. The van der Waals surface area contributed by atoms with Crippen LogP contribution < -0.4 is 15.2 Å². The molecular weight excluding hydrogens is 383 g/mol. The fourth-order valence-electron chi connectivity index (χ4n) is 2.89. The van der Waals surface area contributed by atoms with Gasteiger partial charge in [0.2, 0.25) is 10.0 Å². The van der Waals surface area contributed by atoms with E-state index in [1.807, 2.05) is 13.8 Å². The van der Waals surface area contributed by atoms with Crippen molar-refractivity contribution < 1.29 is 13.2 Å². The zero-order valence-electron chi connectivity index (χ0n) is 13.8. The molecule has 1 aliphatic heterocycles. The van der Waals surface area contributed by atoms with Gasteiger partial charge in [-0.3, -0.25) is 0 Å². The van der Waals surface area contributed by atoms with Crippen molar-refractivity contribution in [3.8, 4) is 5.75 Å². The number of fused-ring (bicyclic) bond motifs is 1. The first-order valence-electron chi connectivity index (χ1n) is 7.53. The van der Waals surface area contributed by atoms with Gasteiger partial charge in [0, 0.05) is 17.7 Å². The molecule has 1 aliphatic rings. The van der Waals surface area contributed by atoms with E-state index in [1.165, 1.54) is 6.07 Å². The Morgan fingerprint density at radius 2 is 1.92 bits per heavy atom. The number of sulfonamides is 1. The van der Waals surface area contributed by atoms with Crippen LogP contribution in [0.25, 0.3) is 0 Å². The van der Waals surface area contributed by atoms with E-state index < -0.39 is 21.7 Å². The molecule has 0 aliphatic carbocycles. The van der Waals surface area contributed by atoms with Crippen LogP contribution in [0.3, 0.4) is 0 Å². The van der Waals surface area contributed by atoms with Gasteiger partial charge in [0.1, 0.15) is 16.2 Å². The number of halogens is 2. The largest absolute Gasteiger partial charge is 0.487 e. The van der Waals surface area contributed by atoms with E-state index in [1.54, 1.807) is 36.4 Å². The molecule has 25 heavy (non-hydrogen) atoms. The normalized spacial score (nSPS) is 18.6. The van der Waals surface area contributed by atoms with Crippen LogP contribution >= 0.6 is 24.0 Å². The van der Waals surface area contributed by atoms with Gasteiger partial charge in [0.15, 0.2) is 0 Å². The van der Waals surface area contributed by atoms with Crippen molar-refractivity contribution in [3.63, 3.8) is 0 Å². The Labute approximate surface area is 159 Å². The summed E-state index contributed by atoms with van der Waals surface area (Å²) in [5.41, 5.74) is 6.64. The summed E-state index contributed by atoms with van der Waals surface area (Å²) in [4.78, 5) is 0.0569. The van der Waals surface area contributed by atoms with Crippen molar-refractivity contribution in [2.75, 3.05) is 5.73 Å². The molecule has 0 spiro atoms. The maximum atomic E-state index is 12.8. The molecule has 0 fully saturated rings. The summed E-state index contributed by atoms with van der Waals surface area (Å²) in [7, 11) is -3.77. The third kappa shape index (κ3) is 4.20. The highest BCUT2D eigenvalue weighted by molar-refractivity contribution is 7.89. The minimum atomic E-state index is -3.77. The van der Waals surface area contributed by atoms with Gasteiger partial charge in [0.05, 0.1) is 11.1 Å². The van der Waals surface area contributed by atoms with Crippen LogP contribution in [0.1, 0.15) is 31.9 Å². The molecule has 1 atom stereocenters. The molecular formula is C17H20Cl2N2O3S. The van der Waals surface area contributed by atoms with Gasteiger partial charge in [-0.15, -0.1) is 12.4 Å². The highest BCUT2D eigenvalue weighted by atomic mass is 35.5. The first-order valence-corrected chi connectivity index (χ1v) is 9.39. The lowest BCUT2D eigenvalue weighted by Gasteiger charge is -2.37. The molecule has 0 radical (unpaired) electrons. The number of nitrogens with two attached hydrogens (primary N) is 1. The number of nitrogen functional groups attached to an aromatic ring is 1. The van der Waals surface area contributed by atoms with Gasteiger partial charge in [-0.1, -0.05) is 23.7 Å². The van der Waals surface area contributed by atoms with E-state index in [0.717, 1.165) is 5.56 Å². The monoisotopic (exact) mass is 402 g/mol. The Balaban J connectivity index is 0.00000225. The van der Waals surface area contributed by atoms with Crippen molar-refractivity contribution in [2.45, 2.75) is 36.8 Å². The smallest absolute Gasteiger partial charge is 0.242 e. The van der Waals surface area contributed by atoms with Crippen LogP contribution in [0, 0.1) is 0 Å². The Morgan fingerprint density at radius 1 is 1.24 bits per heavy atom. The quantitative estimate of drug-likeness (QED) is 0.761. The molecule has 8 heteroatoms. The summed E-state index contributed by atoms with van der Waals surface area (Å²) < 4.78 is 34.2. The lowest BCUT2D eigenvalue weighted by atomic mass is 9.90. The van der Waals surface area contributed by atoms with E-state index in [2.05, 4.69) is 4.72 Å². The molecule has 0 bridgehead atoms. The summed E-state index contributed by atoms with van der Waals surface area (Å²) in [6, 6.07) is 11.2. The highest BCUT2D eigenvalue weighted by Gasteiger charge is 2.36. The molecule has 2 aromatic carbocycles. The molecule has 5 nitrogen and oxygen atoms in total. The molecule has 3 rings (SSSR count). The van der Waals surface area contributed by atoms with Crippen LogP contribution in [-0.4, -0.2) is 14.0 Å². The van der Waals surface area contributed by atoms with Gasteiger partial charge in [-0.05, 0) is 44.2 Å². The number of nitrogens with one attached hydrogen (secondary N) is 1. The lowest BCUT2D eigenvalue weighted by molar-refractivity contribution is 0.0702. The van der Waals surface area contributed by atoms with Crippen molar-refractivity contribution >= 4 is 39.7 Å². The minimum absolute atomic E-state index is 0. The van der Waals surface area contributed by atoms with Crippen molar-refractivity contribution in [2.24, 2.45) is 0 Å². The molecule has 1 unspecified atom stereocenters. The van der Waals surface area contributed by atoms with E-state index in [0.29, 0.717) is 17.9 Å². The summed E-state index contributed by atoms with van der Waals surface area (Å²) in [6.07, 6.45) is 0.479. The summed E-state index contributed by atoms with van der Waals surface area (Å²) in [5.74, 6) is 0.632. The zero-order valence-corrected chi connectivity index (χ0v) is 16.2. The summed E-state index contributed by atoms with van der Waals surface area (Å²) in [6.45, 7) is 3.84. The molecule has 0 saturated heterocycles. The second-order valence-electron chi connectivity index (χ2n) is 6.47. The van der Waals surface area contributed by atoms with Crippen molar-refractivity contribution in [1.29, 1.82) is 0 Å². The highest BCUT2D eigenvalue weighted by Crippen LogP contribution is 2.41. The average molecular weight is 403 g/mol. The third-order valence-corrected chi connectivity index (χ3v) is 5.89. The van der Waals surface area contributed by atoms with Gasteiger partial charge in [0.25, 0.3) is 0 Å². The molecule has 0 saturated carbocycles.